The maximum atomic E-state index is 12.0. The monoisotopic (exact) mass is 441 g/mol. The summed E-state index contributed by atoms with van der Waals surface area (Å²) in [5.41, 5.74) is 5.63. The number of methoxy groups -OCH3 is 1. The van der Waals surface area contributed by atoms with Crippen molar-refractivity contribution < 1.29 is 9.53 Å². The molecule has 31 heavy (non-hydrogen) atoms. The number of carbonyl (C=O) groups excluding carboxylic acids is 1. The summed E-state index contributed by atoms with van der Waals surface area (Å²) < 4.78 is 7.86. The van der Waals surface area contributed by atoms with Crippen LogP contribution in [0.1, 0.15) is 60.3 Å². The van der Waals surface area contributed by atoms with Crippen LogP contribution in [0.4, 0.5) is 0 Å². The number of rotatable bonds is 5. The summed E-state index contributed by atoms with van der Waals surface area (Å²) in [6, 6.07) is 1.82. The molecule has 0 saturated carbocycles. The Morgan fingerprint density at radius 3 is 2.61 bits per heavy atom. The molecule has 1 fully saturated rings. The first-order chi connectivity index (χ1) is 14.8. The number of likely N-dealkylation sites (tertiary alicyclic amines) is 1. The molecule has 164 valence electrons. The number of hydrogen-bond donors (Lipinski definition) is 0. The van der Waals surface area contributed by atoms with E-state index in [-0.39, 0.29) is 17.9 Å². The van der Waals surface area contributed by atoms with E-state index < -0.39 is 0 Å². The molecular weight excluding hydrogens is 414 g/mol. The molecule has 2 aromatic heterocycles. The zero-order valence-electron chi connectivity index (χ0n) is 18.9. The van der Waals surface area contributed by atoms with Crippen molar-refractivity contribution >= 4 is 28.5 Å². The van der Waals surface area contributed by atoms with E-state index in [0.29, 0.717) is 24.5 Å². The molecule has 8 heteroatoms. The third-order valence-electron chi connectivity index (χ3n) is 6.37. The highest BCUT2D eigenvalue weighted by Gasteiger charge is 2.36. The third kappa shape index (κ3) is 3.45. The predicted octanol–water partition coefficient (Wildman–Crippen LogP) is 4.36. The minimum Gasteiger partial charge on any atom is -0.496 e. The molecular formula is C23H28ClN5O2. The average molecular weight is 442 g/mol. The number of hydrogen-bond acceptors (Lipinski definition) is 5. The molecule has 1 aliphatic rings. The topological polar surface area (TPSA) is 73.1 Å². The van der Waals surface area contributed by atoms with E-state index in [0.717, 1.165) is 44.9 Å². The van der Waals surface area contributed by atoms with Gasteiger partial charge in [0.2, 0.25) is 5.91 Å². The standard InChI is InChI=1S/C23H28ClN5O2/c1-7-19(30)28-9-16(10-28)20-12(2)18(24)8-17(22(20)31-6)15(5)29-23-21(14(4)27-29)13(3)25-11-26-23/h8,11,15-16H,7,9-10H2,1-6H3. The van der Waals surface area contributed by atoms with Crippen LogP contribution in [0.3, 0.4) is 0 Å². The van der Waals surface area contributed by atoms with Gasteiger partial charge in [0.05, 0.1) is 29.9 Å². The fourth-order valence-corrected chi connectivity index (χ4v) is 4.82. The van der Waals surface area contributed by atoms with Crippen molar-refractivity contribution in [2.75, 3.05) is 20.2 Å². The SMILES string of the molecule is CCC(=O)N1CC(c2c(C)c(Cl)cc(C(C)n3nc(C)c4c(C)ncnc43)c2OC)C1. The summed E-state index contributed by atoms with van der Waals surface area (Å²) in [7, 11) is 1.69. The largest absolute Gasteiger partial charge is 0.496 e. The minimum absolute atomic E-state index is 0.147. The smallest absolute Gasteiger partial charge is 0.222 e. The van der Waals surface area contributed by atoms with E-state index in [1.54, 1.807) is 13.4 Å². The van der Waals surface area contributed by atoms with Gasteiger partial charge in [-0.2, -0.15) is 5.10 Å². The van der Waals surface area contributed by atoms with Crippen molar-refractivity contribution in [3.05, 3.63) is 45.5 Å². The lowest BCUT2D eigenvalue weighted by molar-refractivity contribution is -0.135. The third-order valence-corrected chi connectivity index (χ3v) is 6.76. The Balaban J connectivity index is 1.80. The van der Waals surface area contributed by atoms with Gasteiger partial charge in [-0.3, -0.25) is 4.79 Å². The van der Waals surface area contributed by atoms with Gasteiger partial charge in [-0.25, -0.2) is 14.6 Å². The van der Waals surface area contributed by atoms with Crippen LogP contribution >= 0.6 is 11.6 Å². The second-order valence-electron chi connectivity index (χ2n) is 8.23. The molecule has 3 aromatic rings. The van der Waals surface area contributed by atoms with Gasteiger partial charge < -0.3 is 9.64 Å². The molecule has 0 radical (unpaired) electrons. The van der Waals surface area contributed by atoms with Gasteiger partial charge in [-0.1, -0.05) is 18.5 Å². The first kappa shape index (κ1) is 21.6. The Morgan fingerprint density at radius 2 is 1.97 bits per heavy atom. The number of nitrogens with zero attached hydrogens (tertiary/aromatic N) is 5. The van der Waals surface area contributed by atoms with Crippen molar-refractivity contribution in [1.29, 1.82) is 0 Å². The number of ether oxygens (including phenoxy) is 1. The summed E-state index contributed by atoms with van der Waals surface area (Å²) in [5, 5.41) is 6.44. The van der Waals surface area contributed by atoms with Crippen LogP contribution in [0, 0.1) is 20.8 Å². The quantitative estimate of drug-likeness (QED) is 0.588. The molecule has 3 heterocycles. The lowest BCUT2D eigenvalue weighted by Crippen LogP contribution is -2.48. The van der Waals surface area contributed by atoms with E-state index in [1.807, 2.05) is 43.3 Å². The molecule has 1 atom stereocenters. The molecule has 1 aliphatic heterocycles. The summed E-state index contributed by atoms with van der Waals surface area (Å²) >= 11 is 6.69. The lowest BCUT2D eigenvalue weighted by atomic mass is 9.85. The number of benzene rings is 1. The van der Waals surface area contributed by atoms with Gasteiger partial charge in [0, 0.05) is 41.6 Å². The summed E-state index contributed by atoms with van der Waals surface area (Å²) in [4.78, 5) is 22.7. The molecule has 1 saturated heterocycles. The molecule has 1 aromatic carbocycles. The van der Waals surface area contributed by atoms with Crippen LogP contribution in [0.25, 0.3) is 11.0 Å². The number of carbonyl (C=O) groups is 1. The summed E-state index contributed by atoms with van der Waals surface area (Å²) in [6.07, 6.45) is 2.09. The number of amides is 1. The summed E-state index contributed by atoms with van der Waals surface area (Å²) in [6.45, 7) is 11.3. The lowest BCUT2D eigenvalue weighted by Gasteiger charge is -2.41. The number of aryl methyl sites for hydroxylation is 2. The van der Waals surface area contributed by atoms with Crippen molar-refractivity contribution in [2.24, 2.45) is 0 Å². The second kappa shape index (κ2) is 8.11. The Labute approximate surface area is 187 Å². The van der Waals surface area contributed by atoms with E-state index in [2.05, 4.69) is 16.9 Å². The number of aromatic nitrogens is 4. The number of halogens is 1. The first-order valence-electron chi connectivity index (χ1n) is 10.6. The minimum atomic E-state index is -0.147. The molecule has 0 N–H and O–H groups in total. The average Bonchev–Trinajstić information content (AvgIpc) is 3.06. The molecule has 4 rings (SSSR count). The fourth-order valence-electron chi connectivity index (χ4n) is 4.60. The van der Waals surface area contributed by atoms with E-state index in [1.165, 1.54) is 0 Å². The van der Waals surface area contributed by atoms with Crippen LogP contribution in [-0.2, 0) is 4.79 Å². The Bertz CT molecular complexity index is 1170. The molecule has 1 unspecified atom stereocenters. The van der Waals surface area contributed by atoms with E-state index >= 15 is 0 Å². The van der Waals surface area contributed by atoms with Crippen molar-refractivity contribution in [2.45, 2.75) is 53.0 Å². The number of fused-ring (bicyclic) bond motifs is 1. The molecule has 1 amide bonds. The van der Waals surface area contributed by atoms with Crippen molar-refractivity contribution in [3.8, 4) is 5.75 Å². The zero-order chi connectivity index (χ0) is 22.4. The van der Waals surface area contributed by atoms with Crippen molar-refractivity contribution in [1.82, 2.24) is 24.6 Å². The maximum Gasteiger partial charge on any atom is 0.222 e. The van der Waals surface area contributed by atoms with E-state index in [9.17, 15) is 4.79 Å². The van der Waals surface area contributed by atoms with Gasteiger partial charge in [0.15, 0.2) is 5.65 Å². The van der Waals surface area contributed by atoms with Crippen molar-refractivity contribution in [3.63, 3.8) is 0 Å². The Kier molecular flexibility index (Phi) is 5.64. The zero-order valence-corrected chi connectivity index (χ0v) is 19.6. The normalized spacial score (nSPS) is 15.3. The second-order valence-corrected chi connectivity index (χ2v) is 8.64. The molecule has 0 aliphatic carbocycles. The fraction of sp³-hybridized carbons (Fsp3) is 0.478. The molecule has 0 bridgehead atoms. The van der Waals surface area contributed by atoms with Gasteiger partial charge in [0.1, 0.15) is 12.1 Å². The maximum absolute atomic E-state index is 12.0. The highest BCUT2D eigenvalue weighted by atomic mass is 35.5. The van der Waals surface area contributed by atoms with Crippen LogP contribution < -0.4 is 4.74 Å². The molecule has 0 spiro atoms. The highest BCUT2D eigenvalue weighted by Crippen LogP contribution is 2.44. The van der Waals surface area contributed by atoms with Gasteiger partial charge >= 0.3 is 0 Å². The van der Waals surface area contributed by atoms with Crippen LogP contribution in [0.5, 0.6) is 5.75 Å². The van der Waals surface area contributed by atoms with Gasteiger partial charge in [-0.05, 0) is 39.3 Å². The Morgan fingerprint density at radius 1 is 1.26 bits per heavy atom. The highest BCUT2D eigenvalue weighted by molar-refractivity contribution is 6.31. The van der Waals surface area contributed by atoms with Crippen LogP contribution in [0.15, 0.2) is 12.4 Å². The summed E-state index contributed by atoms with van der Waals surface area (Å²) in [5.74, 6) is 1.20. The van der Waals surface area contributed by atoms with Gasteiger partial charge in [0.25, 0.3) is 0 Å². The molecule has 7 nitrogen and oxygen atoms in total. The predicted molar refractivity (Wildman–Crippen MR) is 121 cm³/mol. The van der Waals surface area contributed by atoms with Crippen LogP contribution in [0.2, 0.25) is 5.02 Å². The van der Waals surface area contributed by atoms with Crippen LogP contribution in [-0.4, -0.2) is 50.8 Å². The Hall–Kier alpha value is -2.67. The first-order valence-corrected chi connectivity index (χ1v) is 11.0. The van der Waals surface area contributed by atoms with Gasteiger partial charge in [-0.15, -0.1) is 0 Å². The van der Waals surface area contributed by atoms with E-state index in [4.69, 9.17) is 21.4 Å².